The molecule has 0 aliphatic carbocycles. The molecule has 0 spiro atoms. The van der Waals surface area contributed by atoms with Crippen molar-refractivity contribution in [2.24, 2.45) is 0 Å². The molecular weight excluding hydrogens is 255 g/mol. The summed E-state index contributed by atoms with van der Waals surface area (Å²) in [5.74, 6) is 0. The molecule has 1 aliphatic heterocycles. The van der Waals surface area contributed by atoms with Crippen molar-refractivity contribution in [2.75, 3.05) is 18.4 Å². The van der Waals surface area contributed by atoms with E-state index in [1.165, 1.54) is 6.42 Å². The summed E-state index contributed by atoms with van der Waals surface area (Å²) >= 11 is 11.9. The molecule has 2 nitrogen and oxygen atoms in total. The van der Waals surface area contributed by atoms with Crippen LogP contribution in [-0.2, 0) is 0 Å². The van der Waals surface area contributed by atoms with Crippen LogP contribution in [0.4, 0.5) is 5.69 Å². The Morgan fingerprint density at radius 3 is 2.65 bits per heavy atom. The van der Waals surface area contributed by atoms with E-state index in [-0.39, 0.29) is 0 Å². The zero-order chi connectivity index (χ0) is 12.4. The van der Waals surface area contributed by atoms with Gasteiger partial charge in [-0.05, 0) is 38.5 Å². The van der Waals surface area contributed by atoms with Gasteiger partial charge in [0.05, 0.1) is 10.0 Å². The lowest BCUT2D eigenvalue weighted by Gasteiger charge is -2.21. The first-order valence-electron chi connectivity index (χ1n) is 6.02. The van der Waals surface area contributed by atoms with E-state index in [9.17, 15) is 0 Å². The van der Waals surface area contributed by atoms with Gasteiger partial charge in [-0.3, -0.25) is 4.90 Å². The van der Waals surface area contributed by atoms with Crippen molar-refractivity contribution < 1.29 is 0 Å². The second kappa shape index (κ2) is 5.47. The van der Waals surface area contributed by atoms with Crippen LogP contribution < -0.4 is 5.32 Å². The fourth-order valence-electron chi connectivity index (χ4n) is 2.20. The van der Waals surface area contributed by atoms with Crippen LogP contribution in [0.5, 0.6) is 0 Å². The fraction of sp³-hybridized carbons (Fsp3) is 0.538. The maximum atomic E-state index is 6.00. The third-order valence-corrected chi connectivity index (χ3v) is 3.98. The minimum atomic E-state index is 0.509. The summed E-state index contributed by atoms with van der Waals surface area (Å²) in [7, 11) is 0. The number of hydrogen-bond acceptors (Lipinski definition) is 2. The molecule has 1 unspecified atom stereocenters. The Kier molecular flexibility index (Phi) is 4.18. The highest BCUT2D eigenvalue weighted by Gasteiger charge is 2.23. The quantitative estimate of drug-likeness (QED) is 0.898. The van der Waals surface area contributed by atoms with Crippen LogP contribution in [0, 0.1) is 0 Å². The Morgan fingerprint density at radius 2 is 2.06 bits per heavy atom. The molecule has 0 bridgehead atoms. The summed E-state index contributed by atoms with van der Waals surface area (Å²) in [6.07, 6.45) is 1.18. The van der Waals surface area contributed by atoms with Crippen molar-refractivity contribution in [3.63, 3.8) is 0 Å². The lowest BCUT2D eigenvalue weighted by atomic mass is 10.2. The average Bonchev–Trinajstić information content (AvgIpc) is 2.72. The summed E-state index contributed by atoms with van der Waals surface area (Å²) in [6.45, 7) is 6.73. The Labute approximate surface area is 113 Å². The fourth-order valence-corrected chi connectivity index (χ4v) is 2.49. The minimum absolute atomic E-state index is 0.509. The molecule has 1 N–H and O–H groups in total. The molecule has 1 aromatic carbocycles. The molecule has 4 heteroatoms. The van der Waals surface area contributed by atoms with Gasteiger partial charge in [-0.1, -0.05) is 23.2 Å². The SMILES string of the molecule is CC(C)N1CCC(Nc2ccc(Cl)c(Cl)c2)C1. The molecular formula is C13H18Cl2N2. The van der Waals surface area contributed by atoms with Gasteiger partial charge in [0, 0.05) is 30.9 Å². The Bertz CT molecular complexity index is 393. The van der Waals surface area contributed by atoms with Gasteiger partial charge in [-0.2, -0.15) is 0 Å². The van der Waals surface area contributed by atoms with Crippen LogP contribution in [0.3, 0.4) is 0 Å². The second-order valence-corrected chi connectivity index (χ2v) is 5.66. The van der Waals surface area contributed by atoms with E-state index in [4.69, 9.17) is 23.2 Å². The van der Waals surface area contributed by atoms with Gasteiger partial charge in [-0.15, -0.1) is 0 Å². The number of nitrogens with zero attached hydrogens (tertiary/aromatic N) is 1. The highest BCUT2D eigenvalue weighted by atomic mass is 35.5. The van der Waals surface area contributed by atoms with Gasteiger partial charge in [0.1, 0.15) is 0 Å². The monoisotopic (exact) mass is 272 g/mol. The van der Waals surface area contributed by atoms with Gasteiger partial charge in [0.15, 0.2) is 0 Å². The van der Waals surface area contributed by atoms with Crippen LogP contribution in [-0.4, -0.2) is 30.1 Å². The van der Waals surface area contributed by atoms with Crippen LogP contribution in [0.25, 0.3) is 0 Å². The molecule has 2 rings (SSSR count). The molecule has 0 aromatic heterocycles. The van der Waals surface area contributed by atoms with Gasteiger partial charge >= 0.3 is 0 Å². The van der Waals surface area contributed by atoms with Crippen molar-refractivity contribution in [1.82, 2.24) is 4.90 Å². The van der Waals surface area contributed by atoms with E-state index < -0.39 is 0 Å². The number of rotatable bonds is 3. The smallest absolute Gasteiger partial charge is 0.0612 e. The van der Waals surface area contributed by atoms with Gasteiger partial charge < -0.3 is 5.32 Å². The highest BCUT2D eigenvalue weighted by Crippen LogP contribution is 2.26. The molecule has 1 fully saturated rings. The molecule has 0 amide bonds. The summed E-state index contributed by atoms with van der Waals surface area (Å²) in [5.41, 5.74) is 1.05. The molecule has 17 heavy (non-hydrogen) atoms. The molecule has 1 heterocycles. The maximum absolute atomic E-state index is 6.00. The molecule has 0 saturated carbocycles. The van der Waals surface area contributed by atoms with Crippen LogP contribution in [0.2, 0.25) is 10.0 Å². The Morgan fingerprint density at radius 1 is 1.29 bits per heavy atom. The zero-order valence-electron chi connectivity index (χ0n) is 10.2. The number of hydrogen-bond donors (Lipinski definition) is 1. The number of nitrogens with one attached hydrogen (secondary N) is 1. The topological polar surface area (TPSA) is 15.3 Å². The molecule has 1 saturated heterocycles. The third kappa shape index (κ3) is 3.27. The third-order valence-electron chi connectivity index (χ3n) is 3.24. The number of benzene rings is 1. The predicted octanol–water partition coefficient (Wildman–Crippen LogP) is 3.89. The van der Waals surface area contributed by atoms with Crippen molar-refractivity contribution in [1.29, 1.82) is 0 Å². The molecule has 0 radical (unpaired) electrons. The van der Waals surface area contributed by atoms with Crippen LogP contribution in [0.15, 0.2) is 18.2 Å². The van der Waals surface area contributed by atoms with E-state index in [0.717, 1.165) is 18.8 Å². The molecule has 1 aliphatic rings. The maximum Gasteiger partial charge on any atom is 0.0612 e. The lowest BCUT2D eigenvalue weighted by Crippen LogP contribution is -2.31. The van der Waals surface area contributed by atoms with E-state index >= 15 is 0 Å². The normalized spacial score (nSPS) is 21.1. The zero-order valence-corrected chi connectivity index (χ0v) is 11.7. The second-order valence-electron chi connectivity index (χ2n) is 4.85. The standard InChI is InChI=1S/C13H18Cl2N2/c1-9(2)17-6-5-11(8-17)16-10-3-4-12(14)13(15)7-10/h3-4,7,9,11,16H,5-6,8H2,1-2H3. The van der Waals surface area contributed by atoms with Crippen molar-refractivity contribution in [2.45, 2.75) is 32.4 Å². The van der Waals surface area contributed by atoms with Gasteiger partial charge in [0.25, 0.3) is 0 Å². The van der Waals surface area contributed by atoms with Crippen molar-refractivity contribution in [3.8, 4) is 0 Å². The molecule has 1 atom stereocenters. The summed E-state index contributed by atoms with van der Waals surface area (Å²) in [6, 6.07) is 6.83. The van der Waals surface area contributed by atoms with Crippen molar-refractivity contribution in [3.05, 3.63) is 28.2 Å². The van der Waals surface area contributed by atoms with E-state index in [1.54, 1.807) is 0 Å². The molecule has 94 valence electrons. The van der Waals surface area contributed by atoms with Gasteiger partial charge in [-0.25, -0.2) is 0 Å². The van der Waals surface area contributed by atoms with Gasteiger partial charge in [0.2, 0.25) is 0 Å². The largest absolute Gasteiger partial charge is 0.381 e. The first kappa shape index (κ1) is 13.0. The Hall–Kier alpha value is -0.440. The number of likely N-dealkylation sites (tertiary alicyclic amines) is 1. The summed E-state index contributed by atoms with van der Waals surface area (Å²) in [5, 5.41) is 4.72. The van der Waals surface area contributed by atoms with Crippen LogP contribution in [0.1, 0.15) is 20.3 Å². The van der Waals surface area contributed by atoms with Crippen molar-refractivity contribution >= 4 is 28.9 Å². The van der Waals surface area contributed by atoms with E-state index in [1.807, 2.05) is 18.2 Å². The first-order valence-corrected chi connectivity index (χ1v) is 6.77. The van der Waals surface area contributed by atoms with E-state index in [2.05, 4.69) is 24.1 Å². The average molecular weight is 273 g/mol. The highest BCUT2D eigenvalue weighted by molar-refractivity contribution is 6.42. The number of halogens is 2. The van der Waals surface area contributed by atoms with E-state index in [0.29, 0.717) is 22.1 Å². The first-order chi connectivity index (χ1) is 8.06. The number of anilines is 1. The lowest BCUT2D eigenvalue weighted by molar-refractivity contribution is 0.274. The Balaban J connectivity index is 1.96. The summed E-state index contributed by atoms with van der Waals surface area (Å²) in [4.78, 5) is 2.48. The predicted molar refractivity (Wildman–Crippen MR) is 75.2 cm³/mol. The minimum Gasteiger partial charge on any atom is -0.381 e. The molecule has 1 aromatic rings. The summed E-state index contributed by atoms with van der Waals surface area (Å²) < 4.78 is 0. The van der Waals surface area contributed by atoms with Crippen LogP contribution >= 0.6 is 23.2 Å².